The third-order valence-electron chi connectivity index (χ3n) is 6.50. The van der Waals surface area contributed by atoms with Crippen LogP contribution >= 0.6 is 12.4 Å². The predicted octanol–water partition coefficient (Wildman–Crippen LogP) is 4.68. The molecule has 116 valence electrons. The second kappa shape index (κ2) is 5.59. The maximum Gasteiger partial charge on any atom is -0.00718 e. The van der Waals surface area contributed by atoms with E-state index >= 15 is 0 Å². The SMILES string of the molecule is Cc1cccc(C2C3CC4CC(C3)CC2(CCN)C4)c1.Cl. The molecule has 1 nitrogen and oxygen atoms in total. The maximum absolute atomic E-state index is 6.02. The molecule has 2 heteroatoms. The molecular weight excluding hydrogens is 278 g/mol. The maximum atomic E-state index is 6.02. The lowest BCUT2D eigenvalue weighted by molar-refractivity contribution is -0.0786. The molecule has 2 N–H and O–H groups in total. The second-order valence-electron chi connectivity index (χ2n) is 7.90. The molecule has 0 heterocycles. The van der Waals surface area contributed by atoms with Gasteiger partial charge in [-0.05, 0) is 86.6 Å². The Bertz CT molecular complexity index is 498. The third-order valence-corrected chi connectivity index (χ3v) is 6.50. The van der Waals surface area contributed by atoms with Crippen molar-refractivity contribution in [2.24, 2.45) is 28.9 Å². The van der Waals surface area contributed by atoms with Crippen LogP contribution < -0.4 is 5.73 Å². The summed E-state index contributed by atoms with van der Waals surface area (Å²) in [6.07, 6.45) is 8.65. The van der Waals surface area contributed by atoms with Crippen molar-refractivity contribution in [2.45, 2.75) is 51.4 Å². The van der Waals surface area contributed by atoms with Gasteiger partial charge in [0.05, 0.1) is 0 Å². The first-order chi connectivity index (χ1) is 9.70. The number of rotatable bonds is 3. The van der Waals surface area contributed by atoms with Crippen molar-refractivity contribution in [3.05, 3.63) is 35.4 Å². The number of nitrogens with two attached hydrogens (primary N) is 1. The van der Waals surface area contributed by atoms with Gasteiger partial charge in [-0.3, -0.25) is 0 Å². The molecule has 4 aliphatic rings. The van der Waals surface area contributed by atoms with E-state index in [0.717, 1.165) is 30.2 Å². The minimum absolute atomic E-state index is 0. The molecule has 3 atom stereocenters. The van der Waals surface area contributed by atoms with Crippen LogP contribution in [0.3, 0.4) is 0 Å². The van der Waals surface area contributed by atoms with Crippen molar-refractivity contribution in [2.75, 3.05) is 6.54 Å². The molecule has 0 aromatic heterocycles. The molecule has 4 bridgehead atoms. The number of benzene rings is 1. The van der Waals surface area contributed by atoms with E-state index < -0.39 is 0 Å². The Labute approximate surface area is 135 Å². The Morgan fingerprint density at radius 3 is 2.48 bits per heavy atom. The van der Waals surface area contributed by atoms with Gasteiger partial charge < -0.3 is 5.73 Å². The van der Waals surface area contributed by atoms with Gasteiger partial charge in [-0.25, -0.2) is 0 Å². The molecule has 0 aliphatic heterocycles. The molecule has 0 spiro atoms. The van der Waals surface area contributed by atoms with Crippen LogP contribution in [0.5, 0.6) is 0 Å². The monoisotopic (exact) mass is 305 g/mol. The molecular formula is C19H28ClN. The third kappa shape index (κ3) is 2.43. The van der Waals surface area contributed by atoms with E-state index in [0.29, 0.717) is 5.41 Å². The fraction of sp³-hybridized carbons (Fsp3) is 0.684. The Morgan fingerprint density at radius 2 is 1.86 bits per heavy atom. The van der Waals surface area contributed by atoms with Gasteiger partial charge in [0.15, 0.2) is 0 Å². The Hall–Kier alpha value is -0.530. The summed E-state index contributed by atoms with van der Waals surface area (Å²) in [6, 6.07) is 9.32. The Kier molecular flexibility index (Phi) is 4.09. The van der Waals surface area contributed by atoms with E-state index in [1.54, 1.807) is 5.56 Å². The molecule has 3 unspecified atom stereocenters. The normalized spacial score (nSPS) is 40.1. The minimum atomic E-state index is 0. The van der Waals surface area contributed by atoms with Crippen LogP contribution in [0.25, 0.3) is 0 Å². The molecule has 21 heavy (non-hydrogen) atoms. The van der Waals surface area contributed by atoms with Gasteiger partial charge in [0.2, 0.25) is 0 Å². The second-order valence-corrected chi connectivity index (χ2v) is 7.90. The number of halogens is 1. The highest BCUT2D eigenvalue weighted by atomic mass is 35.5. The summed E-state index contributed by atoms with van der Waals surface area (Å²) in [7, 11) is 0. The lowest BCUT2D eigenvalue weighted by Gasteiger charge is -2.62. The highest BCUT2D eigenvalue weighted by Crippen LogP contribution is 2.67. The summed E-state index contributed by atoms with van der Waals surface area (Å²) >= 11 is 0. The van der Waals surface area contributed by atoms with Crippen molar-refractivity contribution in [1.29, 1.82) is 0 Å². The lowest BCUT2D eigenvalue weighted by atomic mass is 9.43. The number of hydrogen-bond donors (Lipinski definition) is 1. The lowest BCUT2D eigenvalue weighted by Crippen LogP contribution is -2.52. The molecule has 0 amide bonds. The standard InChI is InChI=1S/C19H27N.ClH/c1-13-3-2-4-16(7-13)18-17-9-14-8-15(10-17)12-19(18,11-14)5-6-20;/h2-4,7,14-15,17-18H,5-6,8-12,20H2,1H3;1H. The van der Waals surface area contributed by atoms with Crippen LogP contribution in [0.15, 0.2) is 24.3 Å². The van der Waals surface area contributed by atoms with E-state index in [-0.39, 0.29) is 12.4 Å². The first kappa shape index (κ1) is 15.4. The van der Waals surface area contributed by atoms with Crippen LogP contribution in [-0.4, -0.2) is 6.54 Å². The van der Waals surface area contributed by atoms with Crippen molar-refractivity contribution in [3.8, 4) is 0 Å². The van der Waals surface area contributed by atoms with E-state index in [4.69, 9.17) is 5.73 Å². The molecule has 4 fully saturated rings. The van der Waals surface area contributed by atoms with E-state index in [2.05, 4.69) is 31.2 Å². The van der Waals surface area contributed by atoms with Crippen molar-refractivity contribution < 1.29 is 0 Å². The highest BCUT2D eigenvalue weighted by molar-refractivity contribution is 5.85. The van der Waals surface area contributed by atoms with Gasteiger partial charge >= 0.3 is 0 Å². The summed E-state index contributed by atoms with van der Waals surface area (Å²) in [4.78, 5) is 0. The number of hydrogen-bond acceptors (Lipinski definition) is 1. The molecule has 0 radical (unpaired) electrons. The van der Waals surface area contributed by atoms with Gasteiger partial charge in [-0.2, -0.15) is 0 Å². The molecule has 5 rings (SSSR count). The van der Waals surface area contributed by atoms with Crippen molar-refractivity contribution in [3.63, 3.8) is 0 Å². The highest BCUT2D eigenvalue weighted by Gasteiger charge is 2.56. The number of aryl methyl sites for hydroxylation is 1. The van der Waals surface area contributed by atoms with Crippen molar-refractivity contribution >= 4 is 12.4 Å². The summed E-state index contributed by atoms with van der Waals surface area (Å²) in [5, 5.41) is 0. The van der Waals surface area contributed by atoms with Gasteiger partial charge in [0.1, 0.15) is 0 Å². The van der Waals surface area contributed by atoms with Gasteiger partial charge in [0, 0.05) is 0 Å². The molecule has 1 aromatic rings. The van der Waals surface area contributed by atoms with Gasteiger partial charge in [0.25, 0.3) is 0 Å². The first-order valence-corrected chi connectivity index (χ1v) is 8.47. The Balaban J connectivity index is 0.00000132. The van der Waals surface area contributed by atoms with E-state index in [1.807, 2.05) is 0 Å². The summed E-state index contributed by atoms with van der Waals surface area (Å²) in [6.45, 7) is 3.10. The fourth-order valence-corrected chi connectivity index (χ4v) is 6.35. The first-order valence-electron chi connectivity index (χ1n) is 8.47. The zero-order valence-electron chi connectivity index (χ0n) is 13.1. The van der Waals surface area contributed by atoms with Crippen LogP contribution in [-0.2, 0) is 0 Å². The Morgan fingerprint density at radius 1 is 1.14 bits per heavy atom. The summed E-state index contributed by atoms with van der Waals surface area (Å²) in [5.74, 6) is 3.76. The zero-order valence-corrected chi connectivity index (χ0v) is 13.9. The van der Waals surface area contributed by atoms with Gasteiger partial charge in [-0.15, -0.1) is 12.4 Å². The molecule has 4 saturated carbocycles. The molecule has 4 aliphatic carbocycles. The van der Waals surface area contributed by atoms with Crippen molar-refractivity contribution in [1.82, 2.24) is 0 Å². The fourth-order valence-electron chi connectivity index (χ4n) is 6.35. The van der Waals surface area contributed by atoms with Crippen LogP contribution in [0, 0.1) is 30.1 Å². The van der Waals surface area contributed by atoms with Crippen LogP contribution in [0.1, 0.15) is 55.6 Å². The van der Waals surface area contributed by atoms with Crippen LogP contribution in [0.4, 0.5) is 0 Å². The molecule has 0 saturated heterocycles. The largest absolute Gasteiger partial charge is 0.330 e. The summed E-state index contributed by atoms with van der Waals surface area (Å²) < 4.78 is 0. The van der Waals surface area contributed by atoms with Crippen LogP contribution in [0.2, 0.25) is 0 Å². The predicted molar refractivity (Wildman–Crippen MR) is 90.8 cm³/mol. The van der Waals surface area contributed by atoms with E-state index in [1.165, 1.54) is 44.1 Å². The topological polar surface area (TPSA) is 26.0 Å². The summed E-state index contributed by atoms with van der Waals surface area (Å²) in [5.41, 5.74) is 9.59. The molecule has 1 aromatic carbocycles. The van der Waals surface area contributed by atoms with Gasteiger partial charge in [-0.1, -0.05) is 29.8 Å². The average Bonchev–Trinajstić information content (AvgIpc) is 2.37. The van der Waals surface area contributed by atoms with E-state index in [9.17, 15) is 0 Å². The minimum Gasteiger partial charge on any atom is -0.330 e. The quantitative estimate of drug-likeness (QED) is 0.862. The average molecular weight is 306 g/mol. The zero-order chi connectivity index (χ0) is 13.7. The smallest absolute Gasteiger partial charge is 0.00718 e.